The third-order valence-corrected chi connectivity index (χ3v) is 3.17. The largest absolute Gasteiger partial charge is 0.370 e. The van der Waals surface area contributed by atoms with Crippen LogP contribution in [0.4, 0.5) is 5.69 Å². The lowest BCUT2D eigenvalue weighted by Gasteiger charge is -2.23. The number of amides is 1. The molecule has 0 saturated carbocycles. The van der Waals surface area contributed by atoms with E-state index in [1.807, 2.05) is 18.2 Å². The van der Waals surface area contributed by atoms with Crippen LogP contribution >= 0.6 is 27.5 Å². The fourth-order valence-electron chi connectivity index (χ4n) is 1.65. The number of carbonyl (C=O) groups is 1. The van der Waals surface area contributed by atoms with Gasteiger partial charge in [0.05, 0.1) is 6.61 Å². The van der Waals surface area contributed by atoms with Gasteiger partial charge < -0.3 is 10.1 Å². The average Bonchev–Trinajstić information content (AvgIpc) is 2.30. The summed E-state index contributed by atoms with van der Waals surface area (Å²) in [5.74, 6) is 0.219. The summed E-state index contributed by atoms with van der Waals surface area (Å²) in [5.41, 5.74) is 1.84. The minimum absolute atomic E-state index is 0.0202. The smallest absolute Gasteiger partial charge is 0.250 e. The summed E-state index contributed by atoms with van der Waals surface area (Å²) in [7, 11) is 0. The number of hydrogen-bond donors (Lipinski definition) is 1. The SMILES string of the molecule is CC(C)(C)c1cc(Br)ccc1NC(=O)COCCCl. The molecule has 1 aromatic rings. The third-order valence-electron chi connectivity index (χ3n) is 2.52. The quantitative estimate of drug-likeness (QED) is 0.646. The minimum Gasteiger partial charge on any atom is -0.370 e. The summed E-state index contributed by atoms with van der Waals surface area (Å²) < 4.78 is 6.11. The van der Waals surface area contributed by atoms with Gasteiger partial charge in [0.15, 0.2) is 0 Å². The number of rotatable bonds is 5. The Labute approximate surface area is 127 Å². The van der Waals surface area contributed by atoms with Crippen LogP contribution in [0.2, 0.25) is 0 Å². The second-order valence-corrected chi connectivity index (χ2v) is 6.52. The van der Waals surface area contributed by atoms with Crippen molar-refractivity contribution in [2.75, 3.05) is 24.4 Å². The van der Waals surface area contributed by atoms with Crippen molar-refractivity contribution in [3.05, 3.63) is 28.2 Å². The number of nitrogens with one attached hydrogen (secondary N) is 1. The predicted molar refractivity (Wildman–Crippen MR) is 83.0 cm³/mol. The van der Waals surface area contributed by atoms with Crippen molar-refractivity contribution < 1.29 is 9.53 Å². The van der Waals surface area contributed by atoms with E-state index in [9.17, 15) is 4.79 Å². The molecule has 1 N–H and O–H groups in total. The Kier molecular flexibility index (Phi) is 6.30. The molecule has 5 heteroatoms. The van der Waals surface area contributed by atoms with E-state index < -0.39 is 0 Å². The molecule has 0 heterocycles. The van der Waals surface area contributed by atoms with E-state index in [4.69, 9.17) is 16.3 Å². The maximum Gasteiger partial charge on any atom is 0.250 e. The van der Waals surface area contributed by atoms with Gasteiger partial charge in [-0.1, -0.05) is 36.7 Å². The van der Waals surface area contributed by atoms with Gasteiger partial charge >= 0.3 is 0 Å². The van der Waals surface area contributed by atoms with Crippen LogP contribution in [0.3, 0.4) is 0 Å². The van der Waals surface area contributed by atoms with Gasteiger partial charge in [-0.05, 0) is 29.2 Å². The maximum atomic E-state index is 11.8. The number of benzene rings is 1. The van der Waals surface area contributed by atoms with Gasteiger partial charge in [-0.3, -0.25) is 4.79 Å². The number of halogens is 2. The lowest BCUT2D eigenvalue weighted by atomic mass is 9.86. The number of ether oxygens (including phenoxy) is 1. The van der Waals surface area contributed by atoms with Crippen molar-refractivity contribution >= 4 is 39.1 Å². The van der Waals surface area contributed by atoms with E-state index in [1.165, 1.54) is 0 Å². The van der Waals surface area contributed by atoms with Crippen molar-refractivity contribution in [2.45, 2.75) is 26.2 Å². The van der Waals surface area contributed by atoms with Crippen LogP contribution in [0.1, 0.15) is 26.3 Å². The summed E-state index contributed by atoms with van der Waals surface area (Å²) in [6.45, 7) is 6.71. The zero-order valence-electron chi connectivity index (χ0n) is 11.4. The Bertz CT molecular complexity index is 444. The van der Waals surface area contributed by atoms with Gasteiger partial charge in [0.25, 0.3) is 0 Å². The Morgan fingerprint density at radius 2 is 2.11 bits per heavy atom. The standard InChI is InChI=1S/C14H19BrClNO2/c1-14(2,3)11-8-10(15)4-5-12(11)17-13(18)9-19-7-6-16/h4-5,8H,6-7,9H2,1-3H3,(H,17,18). The number of hydrogen-bond acceptors (Lipinski definition) is 2. The molecular formula is C14H19BrClNO2. The van der Waals surface area contributed by atoms with Gasteiger partial charge in [-0.2, -0.15) is 0 Å². The third kappa shape index (κ3) is 5.51. The number of anilines is 1. The predicted octanol–water partition coefficient (Wildman–Crippen LogP) is 3.94. The van der Waals surface area contributed by atoms with E-state index in [0.717, 1.165) is 15.7 Å². The number of carbonyl (C=O) groups excluding carboxylic acids is 1. The molecule has 106 valence electrons. The molecule has 0 bridgehead atoms. The second kappa shape index (κ2) is 7.27. The molecule has 19 heavy (non-hydrogen) atoms. The first-order chi connectivity index (χ1) is 8.84. The summed E-state index contributed by atoms with van der Waals surface area (Å²) in [5, 5.41) is 2.88. The van der Waals surface area contributed by atoms with E-state index in [1.54, 1.807) is 0 Å². The number of alkyl halides is 1. The van der Waals surface area contributed by atoms with Crippen molar-refractivity contribution in [3.63, 3.8) is 0 Å². The van der Waals surface area contributed by atoms with Crippen LogP contribution in [0.15, 0.2) is 22.7 Å². The van der Waals surface area contributed by atoms with Crippen LogP contribution in [0.25, 0.3) is 0 Å². The molecule has 0 spiro atoms. The monoisotopic (exact) mass is 347 g/mol. The second-order valence-electron chi connectivity index (χ2n) is 5.23. The first-order valence-corrected chi connectivity index (χ1v) is 7.41. The molecule has 3 nitrogen and oxygen atoms in total. The highest BCUT2D eigenvalue weighted by atomic mass is 79.9. The van der Waals surface area contributed by atoms with Gasteiger partial charge in [-0.15, -0.1) is 11.6 Å². The Balaban J connectivity index is 2.80. The molecule has 0 radical (unpaired) electrons. The highest BCUT2D eigenvalue weighted by molar-refractivity contribution is 9.10. The molecule has 0 fully saturated rings. The average molecular weight is 349 g/mol. The molecule has 0 saturated heterocycles. The Morgan fingerprint density at radius 1 is 1.42 bits per heavy atom. The molecule has 0 aliphatic carbocycles. The summed E-state index contributed by atoms with van der Waals surface area (Å²) in [4.78, 5) is 11.8. The van der Waals surface area contributed by atoms with E-state index in [0.29, 0.717) is 12.5 Å². The van der Waals surface area contributed by atoms with Gasteiger partial charge in [-0.25, -0.2) is 0 Å². The first-order valence-electron chi connectivity index (χ1n) is 6.08. The fraction of sp³-hybridized carbons (Fsp3) is 0.500. The van der Waals surface area contributed by atoms with Gasteiger partial charge in [0.2, 0.25) is 5.91 Å². The molecule has 1 amide bonds. The van der Waals surface area contributed by atoms with Crippen LogP contribution in [-0.4, -0.2) is 25.0 Å². The summed E-state index contributed by atoms with van der Waals surface area (Å²) in [6, 6.07) is 5.82. The fourth-order valence-corrected chi connectivity index (χ4v) is 2.12. The van der Waals surface area contributed by atoms with Crippen molar-refractivity contribution in [3.8, 4) is 0 Å². The zero-order chi connectivity index (χ0) is 14.5. The van der Waals surface area contributed by atoms with Gasteiger partial charge in [0, 0.05) is 16.0 Å². The van der Waals surface area contributed by atoms with Crippen molar-refractivity contribution in [1.82, 2.24) is 0 Å². The van der Waals surface area contributed by atoms with E-state index >= 15 is 0 Å². The molecular weight excluding hydrogens is 330 g/mol. The zero-order valence-corrected chi connectivity index (χ0v) is 13.8. The summed E-state index contributed by atoms with van der Waals surface area (Å²) in [6.07, 6.45) is 0. The molecule has 0 aliphatic heterocycles. The molecule has 0 unspecified atom stereocenters. The van der Waals surface area contributed by atoms with Crippen LogP contribution in [0.5, 0.6) is 0 Å². The highest BCUT2D eigenvalue weighted by Gasteiger charge is 2.19. The Hall–Kier alpha value is -0.580. The van der Waals surface area contributed by atoms with Crippen LogP contribution in [0, 0.1) is 0 Å². The molecule has 1 rings (SSSR count). The Morgan fingerprint density at radius 3 is 2.68 bits per heavy atom. The molecule has 0 atom stereocenters. The normalized spacial score (nSPS) is 11.4. The minimum atomic E-state index is -0.169. The van der Waals surface area contributed by atoms with Crippen LogP contribution < -0.4 is 5.32 Å². The molecule has 0 aliphatic rings. The van der Waals surface area contributed by atoms with Gasteiger partial charge in [0.1, 0.15) is 6.61 Å². The molecule has 1 aromatic carbocycles. The lowest BCUT2D eigenvalue weighted by molar-refractivity contribution is -0.120. The lowest BCUT2D eigenvalue weighted by Crippen LogP contribution is -2.22. The van der Waals surface area contributed by atoms with Crippen molar-refractivity contribution in [2.24, 2.45) is 0 Å². The molecule has 0 aromatic heterocycles. The van der Waals surface area contributed by atoms with Crippen LogP contribution in [-0.2, 0) is 14.9 Å². The van der Waals surface area contributed by atoms with E-state index in [2.05, 4.69) is 42.0 Å². The summed E-state index contributed by atoms with van der Waals surface area (Å²) >= 11 is 8.94. The maximum absolute atomic E-state index is 11.8. The van der Waals surface area contributed by atoms with E-state index in [-0.39, 0.29) is 17.9 Å². The first kappa shape index (κ1) is 16.5. The topological polar surface area (TPSA) is 38.3 Å². The van der Waals surface area contributed by atoms with Crippen molar-refractivity contribution in [1.29, 1.82) is 0 Å². The highest BCUT2D eigenvalue weighted by Crippen LogP contribution is 2.32.